The van der Waals surface area contributed by atoms with Crippen molar-refractivity contribution < 1.29 is 4.79 Å². The number of nitrogens with zero attached hydrogens (tertiary/aromatic N) is 3. The summed E-state index contributed by atoms with van der Waals surface area (Å²) < 4.78 is 0. The first-order valence-electron chi connectivity index (χ1n) is 4.87. The van der Waals surface area contributed by atoms with Crippen LogP contribution in [0.15, 0.2) is 12.3 Å². The SMILES string of the molecule is CN(C)C(=O)c1nccc(C(C)(C)C)n1. The van der Waals surface area contributed by atoms with Crippen molar-refractivity contribution in [2.75, 3.05) is 14.1 Å². The van der Waals surface area contributed by atoms with Gasteiger partial charge in [-0.2, -0.15) is 0 Å². The van der Waals surface area contributed by atoms with E-state index in [0.29, 0.717) is 0 Å². The van der Waals surface area contributed by atoms with Gasteiger partial charge in [0, 0.05) is 31.4 Å². The first kappa shape index (κ1) is 11.6. The average molecular weight is 207 g/mol. The molecule has 1 heterocycles. The van der Waals surface area contributed by atoms with Crippen molar-refractivity contribution in [3.8, 4) is 0 Å². The highest BCUT2D eigenvalue weighted by Gasteiger charge is 2.18. The average Bonchev–Trinajstić information content (AvgIpc) is 2.15. The lowest BCUT2D eigenvalue weighted by molar-refractivity contribution is 0.0815. The Hall–Kier alpha value is -1.45. The van der Waals surface area contributed by atoms with Crippen LogP contribution in [0.2, 0.25) is 0 Å². The van der Waals surface area contributed by atoms with Crippen LogP contribution < -0.4 is 0 Å². The fraction of sp³-hybridized carbons (Fsp3) is 0.545. The van der Waals surface area contributed by atoms with E-state index in [2.05, 4.69) is 30.7 Å². The summed E-state index contributed by atoms with van der Waals surface area (Å²) in [5.74, 6) is 0.0912. The molecule has 0 aromatic carbocycles. The molecular formula is C11H17N3O. The zero-order valence-corrected chi connectivity index (χ0v) is 9.90. The summed E-state index contributed by atoms with van der Waals surface area (Å²) in [5.41, 5.74) is 0.812. The molecule has 0 aliphatic rings. The molecule has 1 rings (SSSR count). The van der Waals surface area contributed by atoms with Crippen LogP contribution in [-0.4, -0.2) is 34.9 Å². The van der Waals surface area contributed by atoms with Gasteiger partial charge in [-0.25, -0.2) is 9.97 Å². The van der Waals surface area contributed by atoms with E-state index in [4.69, 9.17) is 0 Å². The third-order valence-corrected chi connectivity index (χ3v) is 2.02. The summed E-state index contributed by atoms with van der Waals surface area (Å²) in [5, 5.41) is 0. The molecule has 82 valence electrons. The standard InChI is InChI=1S/C11H17N3O/c1-11(2,3)8-6-7-12-9(13-8)10(15)14(4)5/h6-7H,1-5H3. The summed E-state index contributed by atoms with van der Waals surface area (Å²) in [6, 6.07) is 1.84. The Morgan fingerprint density at radius 2 is 1.93 bits per heavy atom. The first-order valence-corrected chi connectivity index (χ1v) is 4.87. The second-order valence-corrected chi connectivity index (χ2v) is 4.72. The van der Waals surface area contributed by atoms with E-state index in [9.17, 15) is 4.79 Å². The second kappa shape index (κ2) is 3.96. The minimum Gasteiger partial charge on any atom is -0.342 e. The van der Waals surface area contributed by atoms with E-state index in [1.165, 1.54) is 4.90 Å². The summed E-state index contributed by atoms with van der Waals surface area (Å²) in [6.45, 7) is 6.16. The number of hydrogen-bond acceptors (Lipinski definition) is 3. The van der Waals surface area contributed by atoms with Crippen molar-refractivity contribution in [3.05, 3.63) is 23.8 Å². The number of carbonyl (C=O) groups is 1. The monoisotopic (exact) mass is 207 g/mol. The van der Waals surface area contributed by atoms with Gasteiger partial charge in [-0.1, -0.05) is 20.8 Å². The lowest BCUT2D eigenvalue weighted by Crippen LogP contribution is -2.25. The number of amides is 1. The normalized spacial score (nSPS) is 11.3. The Morgan fingerprint density at radius 1 is 1.33 bits per heavy atom. The van der Waals surface area contributed by atoms with Gasteiger partial charge in [-0.3, -0.25) is 4.79 Å². The minimum atomic E-state index is -0.166. The molecule has 1 aromatic heterocycles. The maximum Gasteiger partial charge on any atom is 0.291 e. The summed E-state index contributed by atoms with van der Waals surface area (Å²) in [4.78, 5) is 21.3. The molecule has 4 nitrogen and oxygen atoms in total. The van der Waals surface area contributed by atoms with Crippen LogP contribution in [0.25, 0.3) is 0 Å². The third-order valence-electron chi connectivity index (χ3n) is 2.02. The molecule has 0 atom stereocenters. The maximum absolute atomic E-state index is 11.6. The minimum absolute atomic E-state index is 0.0652. The maximum atomic E-state index is 11.6. The largest absolute Gasteiger partial charge is 0.342 e. The van der Waals surface area contributed by atoms with Crippen LogP contribution in [0.3, 0.4) is 0 Å². The number of aromatic nitrogens is 2. The van der Waals surface area contributed by atoms with E-state index in [-0.39, 0.29) is 17.1 Å². The zero-order valence-electron chi connectivity index (χ0n) is 9.90. The number of carbonyl (C=O) groups excluding carboxylic acids is 1. The van der Waals surface area contributed by atoms with E-state index in [1.54, 1.807) is 20.3 Å². The van der Waals surface area contributed by atoms with Crippen LogP contribution in [0.4, 0.5) is 0 Å². The van der Waals surface area contributed by atoms with Gasteiger partial charge in [-0.15, -0.1) is 0 Å². The van der Waals surface area contributed by atoms with Crippen LogP contribution >= 0.6 is 0 Å². The Morgan fingerprint density at radius 3 is 2.40 bits per heavy atom. The van der Waals surface area contributed by atoms with Crippen LogP contribution in [0, 0.1) is 0 Å². The molecule has 0 saturated heterocycles. The molecule has 0 fully saturated rings. The van der Waals surface area contributed by atoms with Crippen molar-refractivity contribution in [3.63, 3.8) is 0 Å². The van der Waals surface area contributed by atoms with Gasteiger partial charge in [-0.05, 0) is 6.07 Å². The molecule has 0 saturated carbocycles. The summed E-state index contributed by atoms with van der Waals surface area (Å²) >= 11 is 0. The fourth-order valence-electron chi connectivity index (χ4n) is 1.08. The van der Waals surface area contributed by atoms with E-state index < -0.39 is 0 Å². The lowest BCUT2D eigenvalue weighted by atomic mass is 9.92. The summed E-state index contributed by atoms with van der Waals surface area (Å²) in [6.07, 6.45) is 1.63. The predicted octanol–water partition coefficient (Wildman–Crippen LogP) is 1.48. The van der Waals surface area contributed by atoms with Gasteiger partial charge in [0.25, 0.3) is 5.91 Å². The van der Waals surface area contributed by atoms with Gasteiger partial charge in [0.1, 0.15) is 0 Å². The second-order valence-electron chi connectivity index (χ2n) is 4.72. The Bertz CT molecular complexity index is 366. The van der Waals surface area contributed by atoms with E-state index in [0.717, 1.165) is 5.69 Å². The molecule has 0 aliphatic carbocycles. The molecule has 4 heteroatoms. The smallest absolute Gasteiger partial charge is 0.291 e. The van der Waals surface area contributed by atoms with Crippen molar-refractivity contribution in [2.24, 2.45) is 0 Å². The van der Waals surface area contributed by atoms with Crippen molar-refractivity contribution in [1.82, 2.24) is 14.9 Å². The highest BCUT2D eigenvalue weighted by Crippen LogP contribution is 2.19. The molecule has 0 bridgehead atoms. The molecular weight excluding hydrogens is 190 g/mol. The van der Waals surface area contributed by atoms with E-state index >= 15 is 0 Å². The van der Waals surface area contributed by atoms with Gasteiger partial charge in [0.2, 0.25) is 5.82 Å². The molecule has 1 amide bonds. The lowest BCUT2D eigenvalue weighted by Gasteiger charge is -2.18. The van der Waals surface area contributed by atoms with Crippen LogP contribution in [0.1, 0.15) is 37.1 Å². The van der Waals surface area contributed by atoms with Gasteiger partial charge >= 0.3 is 0 Å². The van der Waals surface area contributed by atoms with E-state index in [1.807, 2.05) is 6.07 Å². The first-order chi connectivity index (χ1) is 6.82. The predicted molar refractivity (Wildman–Crippen MR) is 58.7 cm³/mol. The Kier molecular flexibility index (Phi) is 3.07. The highest BCUT2D eigenvalue weighted by atomic mass is 16.2. The van der Waals surface area contributed by atoms with Gasteiger partial charge in [0.05, 0.1) is 0 Å². The van der Waals surface area contributed by atoms with Crippen molar-refractivity contribution in [2.45, 2.75) is 26.2 Å². The van der Waals surface area contributed by atoms with Gasteiger partial charge < -0.3 is 4.90 Å². The highest BCUT2D eigenvalue weighted by molar-refractivity contribution is 5.90. The topological polar surface area (TPSA) is 46.1 Å². The Balaban J connectivity index is 3.09. The van der Waals surface area contributed by atoms with Crippen LogP contribution in [0.5, 0.6) is 0 Å². The van der Waals surface area contributed by atoms with Gasteiger partial charge in [0.15, 0.2) is 0 Å². The molecule has 0 N–H and O–H groups in total. The number of hydrogen-bond donors (Lipinski definition) is 0. The summed E-state index contributed by atoms with van der Waals surface area (Å²) in [7, 11) is 3.38. The zero-order chi connectivity index (χ0) is 11.6. The fourth-order valence-corrected chi connectivity index (χ4v) is 1.08. The molecule has 1 aromatic rings. The molecule has 0 radical (unpaired) electrons. The molecule has 15 heavy (non-hydrogen) atoms. The molecule has 0 spiro atoms. The molecule has 0 unspecified atom stereocenters. The van der Waals surface area contributed by atoms with Crippen molar-refractivity contribution >= 4 is 5.91 Å². The Labute approximate surface area is 90.3 Å². The van der Waals surface area contributed by atoms with Crippen molar-refractivity contribution in [1.29, 1.82) is 0 Å². The third kappa shape index (κ3) is 2.75. The molecule has 0 aliphatic heterocycles. The quantitative estimate of drug-likeness (QED) is 0.700. The number of rotatable bonds is 1. The van der Waals surface area contributed by atoms with Crippen LogP contribution in [-0.2, 0) is 5.41 Å².